The smallest absolute Gasteiger partial charge is 0.352 e. The van der Waals surface area contributed by atoms with Crippen LogP contribution in [0.2, 0.25) is 0 Å². The molecule has 1 aromatic carbocycles. The number of hydrogen-bond acceptors (Lipinski definition) is 5. The van der Waals surface area contributed by atoms with Crippen LogP contribution in [0, 0.1) is 0 Å². The van der Waals surface area contributed by atoms with Crippen molar-refractivity contribution in [2.45, 2.75) is 6.92 Å². The highest BCUT2D eigenvalue weighted by atomic mass is 16.4. The van der Waals surface area contributed by atoms with Gasteiger partial charge in [-0.15, -0.1) is 0 Å². The molecule has 3 rings (SSSR count). The molecule has 8 heteroatoms. The van der Waals surface area contributed by atoms with E-state index in [1.807, 2.05) is 37.3 Å². The summed E-state index contributed by atoms with van der Waals surface area (Å²) >= 11 is 0. The molecule has 4 N–H and O–H groups in total. The molecule has 0 bridgehead atoms. The topological polar surface area (TPSA) is 125 Å². The van der Waals surface area contributed by atoms with Crippen molar-refractivity contribution >= 4 is 28.7 Å². The van der Waals surface area contributed by atoms with Crippen LogP contribution < -0.4 is 10.6 Å². The molecule has 0 spiro atoms. The fourth-order valence-electron chi connectivity index (χ4n) is 2.59. The maximum absolute atomic E-state index is 11.4. The van der Waals surface area contributed by atoms with Crippen LogP contribution in [-0.2, 0) is 4.79 Å². The summed E-state index contributed by atoms with van der Waals surface area (Å²) in [7, 11) is 0. The van der Waals surface area contributed by atoms with E-state index < -0.39 is 11.9 Å². The number of nitrogens with one attached hydrogen (secondary N) is 1. The highest BCUT2D eigenvalue weighted by Crippen LogP contribution is 2.28. The van der Waals surface area contributed by atoms with Crippen LogP contribution in [0.3, 0.4) is 0 Å². The summed E-state index contributed by atoms with van der Waals surface area (Å²) in [5, 5.41) is 9.77. The van der Waals surface area contributed by atoms with Crippen molar-refractivity contribution in [3.8, 4) is 11.4 Å². The van der Waals surface area contributed by atoms with Crippen LogP contribution >= 0.6 is 0 Å². The summed E-state index contributed by atoms with van der Waals surface area (Å²) in [6, 6.07) is 10.8. The third-order valence-corrected chi connectivity index (χ3v) is 3.76. The molecule has 1 amide bonds. The maximum atomic E-state index is 11.4. The van der Waals surface area contributed by atoms with Crippen molar-refractivity contribution in [3.05, 3.63) is 42.1 Å². The van der Waals surface area contributed by atoms with Crippen molar-refractivity contribution in [1.82, 2.24) is 15.0 Å². The zero-order chi connectivity index (χ0) is 18.0. The molecule has 0 saturated carbocycles. The molecule has 3 aromatic rings. The predicted octanol–water partition coefficient (Wildman–Crippen LogP) is 1.63. The summed E-state index contributed by atoms with van der Waals surface area (Å²) in [4.78, 5) is 36.1. The molecule has 0 aliphatic rings. The Labute approximate surface area is 143 Å². The second-order valence-electron chi connectivity index (χ2n) is 5.47. The number of hydrogen-bond donors (Lipinski definition) is 3. The van der Waals surface area contributed by atoms with Crippen LogP contribution in [0.25, 0.3) is 22.4 Å². The predicted molar refractivity (Wildman–Crippen MR) is 93.4 cm³/mol. The van der Waals surface area contributed by atoms with Crippen molar-refractivity contribution < 1.29 is 14.7 Å². The molecule has 0 atom stereocenters. The van der Waals surface area contributed by atoms with E-state index in [4.69, 9.17) is 5.73 Å². The van der Waals surface area contributed by atoms with Crippen LogP contribution in [-0.4, -0.2) is 45.0 Å². The van der Waals surface area contributed by atoms with Gasteiger partial charge in [0.05, 0.1) is 11.9 Å². The molecular weight excluding hydrogens is 322 g/mol. The Morgan fingerprint density at radius 1 is 1.24 bits per heavy atom. The monoisotopic (exact) mass is 339 g/mol. The summed E-state index contributed by atoms with van der Waals surface area (Å²) in [5.41, 5.74) is 6.51. The van der Waals surface area contributed by atoms with Gasteiger partial charge in [0.1, 0.15) is 17.2 Å². The summed E-state index contributed by atoms with van der Waals surface area (Å²) < 4.78 is 0. The van der Waals surface area contributed by atoms with Gasteiger partial charge in [0.15, 0.2) is 5.82 Å². The Balaban J connectivity index is 2.23. The van der Waals surface area contributed by atoms with Gasteiger partial charge in [-0.2, -0.15) is 0 Å². The van der Waals surface area contributed by atoms with Gasteiger partial charge in [-0.1, -0.05) is 30.3 Å². The van der Waals surface area contributed by atoms with Gasteiger partial charge >= 0.3 is 5.97 Å². The van der Waals surface area contributed by atoms with E-state index in [1.54, 1.807) is 4.90 Å². The van der Waals surface area contributed by atoms with Crippen molar-refractivity contribution in [2.24, 2.45) is 5.73 Å². The Bertz CT molecular complexity index is 936. The number of amides is 1. The van der Waals surface area contributed by atoms with Crippen molar-refractivity contribution in [3.63, 3.8) is 0 Å². The number of likely N-dealkylation sites (N-methyl/N-ethyl adjacent to an activating group) is 1. The average Bonchev–Trinajstić information content (AvgIpc) is 3.04. The molecule has 0 aliphatic carbocycles. The van der Waals surface area contributed by atoms with Crippen molar-refractivity contribution in [2.75, 3.05) is 18.0 Å². The first-order valence-corrected chi connectivity index (χ1v) is 7.72. The van der Waals surface area contributed by atoms with Crippen molar-refractivity contribution in [1.29, 1.82) is 0 Å². The fraction of sp³-hybridized carbons (Fsp3) is 0.176. The number of carbonyl (C=O) groups is 2. The Hall–Kier alpha value is -3.42. The lowest BCUT2D eigenvalue weighted by Gasteiger charge is -2.21. The number of carbonyl (C=O) groups excluding carboxylic acids is 1. The zero-order valence-electron chi connectivity index (χ0n) is 13.6. The van der Waals surface area contributed by atoms with Gasteiger partial charge in [-0.05, 0) is 13.0 Å². The second kappa shape index (κ2) is 6.60. The molecular formula is C17H17N5O3. The minimum Gasteiger partial charge on any atom is -0.477 e. The van der Waals surface area contributed by atoms with E-state index in [1.165, 1.54) is 6.07 Å². The summed E-state index contributed by atoms with van der Waals surface area (Å²) in [6.45, 7) is 2.32. The van der Waals surface area contributed by atoms with Crippen LogP contribution in [0.4, 0.5) is 5.82 Å². The van der Waals surface area contributed by atoms with Crippen LogP contribution in [0.5, 0.6) is 0 Å². The SMILES string of the molecule is CCN(CC(N)=O)c1nc(-c2ccccc2)nc2[nH]c(C(=O)O)cc12. The number of anilines is 1. The number of benzene rings is 1. The minimum atomic E-state index is -1.09. The third-order valence-electron chi connectivity index (χ3n) is 3.76. The first-order valence-electron chi connectivity index (χ1n) is 7.72. The number of nitrogens with zero attached hydrogens (tertiary/aromatic N) is 3. The number of carboxylic acid groups (broad SMARTS) is 1. The first kappa shape index (κ1) is 16.4. The number of aromatic amines is 1. The van der Waals surface area contributed by atoms with Crippen LogP contribution in [0.1, 0.15) is 17.4 Å². The Morgan fingerprint density at radius 3 is 2.56 bits per heavy atom. The van der Waals surface area contributed by atoms with Crippen LogP contribution in [0.15, 0.2) is 36.4 Å². The summed E-state index contributed by atoms with van der Waals surface area (Å²) in [5.74, 6) is -0.689. The lowest BCUT2D eigenvalue weighted by Crippen LogP contribution is -2.34. The first-order chi connectivity index (χ1) is 12.0. The number of aromatic carboxylic acids is 1. The number of aromatic nitrogens is 3. The Kier molecular flexibility index (Phi) is 4.34. The molecule has 0 aliphatic heterocycles. The van der Waals surface area contributed by atoms with E-state index in [-0.39, 0.29) is 12.2 Å². The highest BCUT2D eigenvalue weighted by molar-refractivity contribution is 5.98. The van der Waals surface area contributed by atoms with Gasteiger partial charge in [0.25, 0.3) is 0 Å². The van der Waals surface area contributed by atoms with E-state index >= 15 is 0 Å². The fourth-order valence-corrected chi connectivity index (χ4v) is 2.59. The molecule has 2 heterocycles. The van der Waals surface area contributed by atoms with Gasteiger partial charge in [0.2, 0.25) is 5.91 Å². The Morgan fingerprint density at radius 2 is 1.96 bits per heavy atom. The highest BCUT2D eigenvalue weighted by Gasteiger charge is 2.19. The third kappa shape index (κ3) is 3.27. The molecule has 8 nitrogen and oxygen atoms in total. The molecule has 0 radical (unpaired) electrons. The van der Waals surface area contributed by atoms with Gasteiger partial charge in [-0.25, -0.2) is 14.8 Å². The number of primary amides is 1. The lowest BCUT2D eigenvalue weighted by molar-refractivity contribution is -0.116. The zero-order valence-corrected chi connectivity index (χ0v) is 13.6. The number of fused-ring (bicyclic) bond motifs is 1. The minimum absolute atomic E-state index is 0.00545. The van der Waals surface area contributed by atoms with Gasteiger partial charge in [-0.3, -0.25) is 4.79 Å². The van der Waals surface area contributed by atoms with E-state index in [0.717, 1.165) is 5.56 Å². The van der Waals surface area contributed by atoms with E-state index in [9.17, 15) is 14.7 Å². The number of H-pyrrole nitrogens is 1. The molecule has 0 fully saturated rings. The molecule has 0 unspecified atom stereocenters. The van der Waals surface area contributed by atoms with Gasteiger partial charge in [0, 0.05) is 12.1 Å². The molecule has 2 aromatic heterocycles. The molecule has 25 heavy (non-hydrogen) atoms. The number of carboxylic acids is 1. The lowest BCUT2D eigenvalue weighted by atomic mass is 10.2. The largest absolute Gasteiger partial charge is 0.477 e. The molecule has 128 valence electrons. The summed E-state index contributed by atoms with van der Waals surface area (Å²) in [6.07, 6.45) is 0. The maximum Gasteiger partial charge on any atom is 0.352 e. The molecule has 0 saturated heterocycles. The average molecular weight is 339 g/mol. The van der Waals surface area contributed by atoms with E-state index in [2.05, 4.69) is 15.0 Å². The second-order valence-corrected chi connectivity index (χ2v) is 5.47. The standard InChI is InChI=1S/C17H17N5O3/c1-2-22(9-13(18)23)16-11-8-12(17(24)25)19-15(11)20-14(21-16)10-6-4-3-5-7-10/h3-8H,2,9H2,1H3,(H2,18,23)(H,24,25)(H,19,20,21). The number of rotatable bonds is 6. The number of nitrogens with two attached hydrogens (primary N) is 1. The van der Waals surface area contributed by atoms with E-state index in [0.29, 0.717) is 29.2 Å². The van der Waals surface area contributed by atoms with Gasteiger partial charge < -0.3 is 20.7 Å². The quantitative estimate of drug-likeness (QED) is 0.627. The normalized spacial score (nSPS) is 10.8.